The van der Waals surface area contributed by atoms with Crippen molar-refractivity contribution in [2.24, 2.45) is 23.2 Å². The van der Waals surface area contributed by atoms with E-state index >= 15 is 0 Å². The Morgan fingerprint density at radius 1 is 1.07 bits per heavy atom. The molecular weight excluding hydrogens is 753 g/mol. The highest BCUT2D eigenvalue weighted by Crippen LogP contribution is 2.52. The van der Waals surface area contributed by atoms with Crippen LogP contribution < -0.4 is 25.4 Å². The number of hydrogen-bond donors (Lipinski definition) is 5. The van der Waals surface area contributed by atoms with Gasteiger partial charge >= 0.3 is 12.1 Å². The van der Waals surface area contributed by atoms with Gasteiger partial charge < -0.3 is 45.3 Å². The van der Waals surface area contributed by atoms with Crippen molar-refractivity contribution >= 4 is 51.2 Å². The third-order valence-corrected chi connectivity index (χ3v) is 12.1. The smallest absolute Gasteiger partial charge is 0.408 e. The summed E-state index contributed by atoms with van der Waals surface area (Å²) in [5.74, 6) is -0.685. The Kier molecular flexibility index (Phi) is 11.1. The molecule has 3 heterocycles. The van der Waals surface area contributed by atoms with Crippen molar-refractivity contribution in [3.63, 3.8) is 0 Å². The predicted octanol–water partition coefficient (Wildman–Crippen LogP) is 4.98. The SMILES string of the molecule is C=C[C@@H]1C[C@]1(NC(=O)[C@@H]1C[C@H](Oc2cc(-c3csc(NC(C)C)n3)nc3cc(OCCO)ccc23)CN1C(=O)C(NC(=O)OC1C[C@@H]2C[C@@H]2C1)C(C)(C)C)C(=O)O. The number of aliphatic hydroxyl groups is 1. The molecule has 4 aliphatic rings. The molecule has 2 aromatic heterocycles. The first-order chi connectivity index (χ1) is 27.1. The van der Waals surface area contributed by atoms with Crippen LogP contribution in [0.3, 0.4) is 0 Å². The van der Waals surface area contributed by atoms with Gasteiger partial charge in [-0.1, -0.05) is 26.8 Å². The second-order valence-corrected chi connectivity index (χ2v) is 17.9. The topological polar surface area (TPSA) is 202 Å². The molecule has 1 aliphatic heterocycles. The molecule has 2 unspecified atom stereocenters. The molecule has 57 heavy (non-hydrogen) atoms. The molecular formula is C41H52N6O9S. The van der Waals surface area contributed by atoms with Gasteiger partial charge in [0.05, 0.1) is 24.4 Å². The Morgan fingerprint density at radius 2 is 1.82 bits per heavy atom. The number of nitrogens with zero attached hydrogens (tertiary/aromatic N) is 3. The fourth-order valence-corrected chi connectivity index (χ4v) is 8.96. The molecule has 3 saturated carbocycles. The number of carbonyl (C=O) groups excluding carboxylic acids is 3. The molecule has 1 saturated heterocycles. The molecule has 3 amide bonds. The van der Waals surface area contributed by atoms with Gasteiger partial charge in [-0.05, 0) is 68.9 Å². The summed E-state index contributed by atoms with van der Waals surface area (Å²) >= 11 is 1.44. The molecule has 1 aromatic carbocycles. The van der Waals surface area contributed by atoms with Gasteiger partial charge in [0, 0.05) is 41.3 Å². The van der Waals surface area contributed by atoms with Crippen LogP contribution in [-0.4, -0.2) is 105 Å². The zero-order valence-corrected chi connectivity index (χ0v) is 33.8. The maximum Gasteiger partial charge on any atom is 0.408 e. The van der Waals surface area contributed by atoms with E-state index in [1.54, 1.807) is 24.3 Å². The predicted molar refractivity (Wildman–Crippen MR) is 213 cm³/mol. The van der Waals surface area contributed by atoms with E-state index in [4.69, 9.17) is 24.2 Å². The van der Waals surface area contributed by atoms with Crippen molar-refractivity contribution in [2.45, 2.75) is 103 Å². The summed E-state index contributed by atoms with van der Waals surface area (Å²) in [5.41, 5.74) is -0.649. The largest absolute Gasteiger partial charge is 0.491 e. The highest BCUT2D eigenvalue weighted by atomic mass is 32.1. The van der Waals surface area contributed by atoms with E-state index in [-0.39, 0.29) is 44.7 Å². The number of aliphatic hydroxyl groups excluding tert-OH is 1. The van der Waals surface area contributed by atoms with E-state index < -0.39 is 58.9 Å². The number of aromatic nitrogens is 2. The van der Waals surface area contributed by atoms with Gasteiger partial charge in [-0.25, -0.2) is 19.6 Å². The van der Waals surface area contributed by atoms with Crippen LogP contribution >= 0.6 is 11.3 Å². The number of alkyl carbamates (subject to hydrolysis) is 1. The number of carboxylic acids is 1. The summed E-state index contributed by atoms with van der Waals surface area (Å²) in [4.78, 5) is 65.5. The highest BCUT2D eigenvalue weighted by molar-refractivity contribution is 7.14. The van der Waals surface area contributed by atoms with Gasteiger partial charge in [0.1, 0.15) is 53.6 Å². The molecule has 16 heteroatoms. The van der Waals surface area contributed by atoms with Crippen molar-refractivity contribution in [1.82, 2.24) is 25.5 Å². The maximum atomic E-state index is 14.7. The lowest BCUT2D eigenvalue weighted by Crippen LogP contribution is -2.59. The van der Waals surface area contributed by atoms with E-state index in [2.05, 4.69) is 22.5 Å². The molecule has 8 atom stereocenters. The molecule has 5 N–H and O–H groups in total. The van der Waals surface area contributed by atoms with Crippen LogP contribution in [0.5, 0.6) is 11.5 Å². The van der Waals surface area contributed by atoms with Crippen LogP contribution in [-0.2, 0) is 19.1 Å². The molecule has 0 radical (unpaired) electrons. The van der Waals surface area contributed by atoms with Gasteiger partial charge in [-0.3, -0.25) is 9.59 Å². The number of nitrogens with one attached hydrogen (secondary N) is 3. The first kappa shape index (κ1) is 40.2. The molecule has 3 aliphatic carbocycles. The second kappa shape index (κ2) is 15.8. The molecule has 0 spiro atoms. The number of ether oxygens (including phenoxy) is 3. The summed E-state index contributed by atoms with van der Waals surface area (Å²) in [5, 5.41) is 31.5. The number of carbonyl (C=O) groups is 4. The Morgan fingerprint density at radius 3 is 2.47 bits per heavy atom. The number of amides is 3. The fraction of sp³-hybridized carbons (Fsp3) is 0.561. The number of benzene rings is 1. The quantitative estimate of drug-likeness (QED) is 0.129. The van der Waals surface area contributed by atoms with Crippen LogP contribution in [0.1, 0.15) is 66.7 Å². The number of rotatable bonds is 15. The van der Waals surface area contributed by atoms with Gasteiger partial charge in [0.2, 0.25) is 11.8 Å². The van der Waals surface area contributed by atoms with Gasteiger partial charge in [-0.15, -0.1) is 17.9 Å². The first-order valence-corrected chi connectivity index (χ1v) is 20.5. The molecule has 7 rings (SSSR count). The van der Waals surface area contributed by atoms with Gasteiger partial charge in [-0.2, -0.15) is 0 Å². The summed E-state index contributed by atoms with van der Waals surface area (Å²) < 4.78 is 18.1. The number of carboxylic acid groups (broad SMARTS) is 1. The highest BCUT2D eigenvalue weighted by Gasteiger charge is 2.61. The second-order valence-electron chi connectivity index (χ2n) is 17.1. The van der Waals surface area contributed by atoms with E-state index in [9.17, 15) is 29.4 Å². The first-order valence-electron chi connectivity index (χ1n) is 19.6. The van der Waals surface area contributed by atoms with Crippen molar-refractivity contribution in [3.05, 3.63) is 42.3 Å². The number of aliphatic carboxylic acids is 1. The number of hydrogen-bond acceptors (Lipinski definition) is 12. The lowest BCUT2D eigenvalue weighted by molar-refractivity contribution is -0.146. The van der Waals surface area contributed by atoms with E-state index in [0.29, 0.717) is 45.6 Å². The van der Waals surface area contributed by atoms with Crippen molar-refractivity contribution in [1.29, 1.82) is 0 Å². The minimum absolute atomic E-state index is 0.0346. The van der Waals surface area contributed by atoms with E-state index in [1.807, 2.05) is 40.0 Å². The van der Waals surface area contributed by atoms with Gasteiger partial charge in [0.25, 0.3) is 0 Å². The zero-order chi connectivity index (χ0) is 40.8. The minimum atomic E-state index is -1.53. The van der Waals surface area contributed by atoms with Crippen LogP contribution in [0.15, 0.2) is 42.3 Å². The van der Waals surface area contributed by atoms with Crippen LogP contribution in [0.4, 0.5) is 9.93 Å². The number of likely N-dealkylation sites (tertiary alicyclic amines) is 1. The number of fused-ring (bicyclic) bond motifs is 2. The van der Waals surface area contributed by atoms with Crippen LogP contribution in [0.25, 0.3) is 22.3 Å². The Balaban J connectivity index is 1.19. The maximum absolute atomic E-state index is 14.7. The molecule has 4 fully saturated rings. The van der Waals surface area contributed by atoms with Crippen molar-refractivity contribution in [3.8, 4) is 22.9 Å². The third kappa shape index (κ3) is 8.66. The average molecular weight is 805 g/mol. The number of pyridine rings is 1. The van der Waals surface area contributed by atoms with Crippen molar-refractivity contribution < 1.29 is 43.6 Å². The normalized spacial score (nSPS) is 26.7. The van der Waals surface area contributed by atoms with Crippen molar-refractivity contribution in [2.75, 3.05) is 25.1 Å². The minimum Gasteiger partial charge on any atom is -0.491 e. The Labute approximate surface area is 335 Å². The summed E-state index contributed by atoms with van der Waals surface area (Å²) in [7, 11) is 0. The molecule has 0 bridgehead atoms. The Hall–Kier alpha value is -4.96. The van der Waals surface area contributed by atoms with Crippen LogP contribution in [0, 0.1) is 23.2 Å². The molecule has 15 nitrogen and oxygen atoms in total. The average Bonchev–Trinajstić information content (AvgIpc) is 3.82. The Bertz CT molecular complexity index is 2040. The summed E-state index contributed by atoms with van der Waals surface area (Å²) in [6, 6.07) is 5.02. The fourth-order valence-electron chi connectivity index (χ4n) is 8.11. The number of thiazole rings is 1. The van der Waals surface area contributed by atoms with E-state index in [0.717, 1.165) is 18.0 Å². The zero-order valence-electron chi connectivity index (χ0n) is 32.9. The molecule has 306 valence electrons. The monoisotopic (exact) mass is 804 g/mol. The third-order valence-electron chi connectivity index (χ3n) is 11.3. The van der Waals surface area contributed by atoms with Crippen LogP contribution in [0.2, 0.25) is 0 Å². The lowest BCUT2D eigenvalue weighted by Gasteiger charge is -2.35. The van der Waals surface area contributed by atoms with Gasteiger partial charge in [0.15, 0.2) is 5.13 Å². The summed E-state index contributed by atoms with van der Waals surface area (Å²) in [6.07, 6.45) is 2.91. The van der Waals surface area contributed by atoms with E-state index in [1.165, 1.54) is 28.7 Å². The summed E-state index contributed by atoms with van der Waals surface area (Å²) in [6.45, 7) is 13.1. The lowest BCUT2D eigenvalue weighted by atomic mass is 9.85. The molecule has 3 aromatic rings. The number of anilines is 1. The standard InChI is InChI=1S/C41H52N6O9S/c1-7-24-18-41(24,37(51)52)46-35(49)32-16-27(19-47(32)36(50)34(40(4,5)6)45-39(53)56-26-13-22-12-23(22)14-26)55-33-17-30(31-20-57-38(44-31)42-21(2)3)43-29-15-25(54-11-10-48)8-9-28(29)33/h7-9,15,17,20-24,26-27,32,34,48H,1,10-14,16,18-19H2,2-6H3,(H,42,44)(H,45,53)(H,46,49)(H,51,52)/t22-,23+,24-,26?,27+,32+,34?,41-/m1/s1.